The van der Waals surface area contributed by atoms with Crippen molar-refractivity contribution in [2.75, 3.05) is 19.7 Å². The summed E-state index contributed by atoms with van der Waals surface area (Å²) in [6, 6.07) is 10.0. The highest BCUT2D eigenvalue weighted by molar-refractivity contribution is 5.88. The molecule has 0 N–H and O–H groups in total. The summed E-state index contributed by atoms with van der Waals surface area (Å²) in [5.41, 5.74) is 1.19. The fourth-order valence-electron chi connectivity index (χ4n) is 2.39. The zero-order valence-electron chi connectivity index (χ0n) is 11.2. The number of hydrogen-bond donors (Lipinski definition) is 0. The van der Waals surface area contributed by atoms with Gasteiger partial charge < -0.3 is 4.74 Å². The molecule has 1 aliphatic rings. The van der Waals surface area contributed by atoms with E-state index in [-0.39, 0.29) is 24.1 Å². The number of hydrogen-bond acceptors (Lipinski definition) is 4. The van der Waals surface area contributed by atoms with Gasteiger partial charge in [0.1, 0.15) is 0 Å². The molecule has 0 amide bonds. The van der Waals surface area contributed by atoms with Crippen LogP contribution in [0.15, 0.2) is 30.3 Å². The molecule has 1 fully saturated rings. The van der Waals surface area contributed by atoms with Crippen LogP contribution < -0.4 is 0 Å². The lowest BCUT2D eigenvalue weighted by Gasteiger charge is -2.14. The number of ketones is 1. The van der Waals surface area contributed by atoms with Crippen LogP contribution in [0.1, 0.15) is 18.9 Å². The van der Waals surface area contributed by atoms with Crippen molar-refractivity contribution in [1.82, 2.24) is 4.90 Å². The number of ether oxygens (including phenoxy) is 1. The Morgan fingerprint density at radius 1 is 1.37 bits per heavy atom. The monoisotopic (exact) mass is 261 g/mol. The Hall–Kier alpha value is -1.68. The Morgan fingerprint density at radius 3 is 2.79 bits per heavy atom. The number of likely N-dealkylation sites (tertiary alicyclic amines) is 1. The van der Waals surface area contributed by atoms with Crippen molar-refractivity contribution >= 4 is 11.8 Å². The van der Waals surface area contributed by atoms with Gasteiger partial charge in [0.2, 0.25) is 0 Å². The summed E-state index contributed by atoms with van der Waals surface area (Å²) >= 11 is 0. The molecule has 1 heterocycles. The first-order valence-electron chi connectivity index (χ1n) is 6.63. The van der Waals surface area contributed by atoms with Gasteiger partial charge in [-0.2, -0.15) is 0 Å². The summed E-state index contributed by atoms with van der Waals surface area (Å²) < 4.78 is 4.90. The van der Waals surface area contributed by atoms with E-state index in [0.717, 1.165) is 6.54 Å². The van der Waals surface area contributed by atoms with E-state index >= 15 is 0 Å². The Morgan fingerprint density at radius 2 is 2.11 bits per heavy atom. The van der Waals surface area contributed by atoms with E-state index in [0.29, 0.717) is 19.7 Å². The minimum absolute atomic E-state index is 0.143. The van der Waals surface area contributed by atoms with Gasteiger partial charge in [0.25, 0.3) is 0 Å². The molecule has 0 radical (unpaired) electrons. The van der Waals surface area contributed by atoms with Crippen LogP contribution in [0.25, 0.3) is 0 Å². The van der Waals surface area contributed by atoms with E-state index in [4.69, 9.17) is 4.74 Å². The molecule has 4 heteroatoms. The second-order valence-electron chi connectivity index (χ2n) is 4.83. The van der Waals surface area contributed by atoms with Crippen LogP contribution in [0.2, 0.25) is 0 Å². The summed E-state index contributed by atoms with van der Waals surface area (Å²) in [5.74, 6) is -0.339. The minimum Gasteiger partial charge on any atom is -0.466 e. The largest absolute Gasteiger partial charge is 0.466 e. The third kappa shape index (κ3) is 3.89. The molecule has 0 bridgehead atoms. The van der Waals surface area contributed by atoms with Crippen LogP contribution in [-0.4, -0.2) is 36.3 Å². The second-order valence-corrected chi connectivity index (χ2v) is 4.83. The summed E-state index contributed by atoms with van der Waals surface area (Å²) in [7, 11) is 0. The second kappa shape index (κ2) is 6.48. The SMILES string of the molecule is CCOC(=O)CC1CN(Cc2ccccc2)CC1=O. The van der Waals surface area contributed by atoms with Gasteiger partial charge in [0, 0.05) is 19.0 Å². The molecule has 4 nitrogen and oxygen atoms in total. The van der Waals surface area contributed by atoms with Crippen molar-refractivity contribution in [2.24, 2.45) is 5.92 Å². The Bertz CT molecular complexity index is 444. The number of benzene rings is 1. The van der Waals surface area contributed by atoms with Crippen molar-refractivity contribution in [3.63, 3.8) is 0 Å². The maximum absolute atomic E-state index is 11.9. The van der Waals surface area contributed by atoms with Crippen LogP contribution in [0.4, 0.5) is 0 Å². The van der Waals surface area contributed by atoms with E-state index in [1.165, 1.54) is 5.56 Å². The van der Waals surface area contributed by atoms with Crippen molar-refractivity contribution < 1.29 is 14.3 Å². The maximum Gasteiger partial charge on any atom is 0.306 e. The van der Waals surface area contributed by atoms with E-state index in [9.17, 15) is 9.59 Å². The lowest BCUT2D eigenvalue weighted by molar-refractivity contribution is -0.145. The molecule has 1 aromatic rings. The highest BCUT2D eigenvalue weighted by atomic mass is 16.5. The first kappa shape index (κ1) is 13.7. The molecule has 19 heavy (non-hydrogen) atoms. The number of esters is 1. The highest BCUT2D eigenvalue weighted by Gasteiger charge is 2.32. The van der Waals surface area contributed by atoms with E-state index in [1.807, 2.05) is 30.3 Å². The van der Waals surface area contributed by atoms with Gasteiger partial charge in [-0.25, -0.2) is 0 Å². The first-order valence-corrected chi connectivity index (χ1v) is 6.63. The Labute approximate surface area is 113 Å². The van der Waals surface area contributed by atoms with Crippen LogP contribution in [-0.2, 0) is 20.9 Å². The highest BCUT2D eigenvalue weighted by Crippen LogP contribution is 2.19. The molecule has 1 unspecified atom stereocenters. The standard InChI is InChI=1S/C15H19NO3/c1-2-19-15(18)8-13-10-16(11-14(13)17)9-12-6-4-3-5-7-12/h3-7,13H,2,8-11H2,1H3. The van der Waals surface area contributed by atoms with Gasteiger partial charge >= 0.3 is 5.97 Å². The lowest BCUT2D eigenvalue weighted by Crippen LogP contribution is -2.21. The van der Waals surface area contributed by atoms with E-state index < -0.39 is 0 Å². The van der Waals surface area contributed by atoms with Gasteiger partial charge in [-0.1, -0.05) is 30.3 Å². The first-order chi connectivity index (χ1) is 9.19. The Kier molecular flexibility index (Phi) is 4.68. The van der Waals surface area contributed by atoms with Crippen molar-refractivity contribution in [1.29, 1.82) is 0 Å². The predicted octanol–water partition coefficient (Wildman–Crippen LogP) is 1.64. The number of rotatable bonds is 5. The quantitative estimate of drug-likeness (QED) is 0.756. The number of carbonyl (C=O) groups excluding carboxylic acids is 2. The molecule has 1 atom stereocenters. The fourth-order valence-corrected chi connectivity index (χ4v) is 2.39. The maximum atomic E-state index is 11.9. The van der Waals surface area contributed by atoms with Gasteiger partial charge in [-0.3, -0.25) is 14.5 Å². The predicted molar refractivity (Wildman–Crippen MR) is 71.5 cm³/mol. The molecule has 1 aromatic carbocycles. The van der Waals surface area contributed by atoms with Gasteiger partial charge in [0.05, 0.1) is 19.6 Å². The smallest absolute Gasteiger partial charge is 0.306 e. The van der Waals surface area contributed by atoms with Gasteiger partial charge in [0.15, 0.2) is 5.78 Å². The molecule has 1 saturated heterocycles. The molecule has 1 aliphatic heterocycles. The van der Waals surface area contributed by atoms with E-state index in [2.05, 4.69) is 4.90 Å². The summed E-state index contributed by atoms with van der Waals surface area (Å²) in [4.78, 5) is 25.4. The lowest BCUT2D eigenvalue weighted by atomic mass is 10.0. The molecular formula is C15H19NO3. The number of Topliss-reactive ketones (excluding diaryl/α,β-unsaturated/α-hetero) is 1. The van der Waals surface area contributed by atoms with Crippen molar-refractivity contribution in [3.8, 4) is 0 Å². The molecule has 102 valence electrons. The average Bonchev–Trinajstić information content (AvgIpc) is 2.71. The normalized spacial score (nSPS) is 19.6. The molecular weight excluding hydrogens is 242 g/mol. The zero-order chi connectivity index (χ0) is 13.7. The van der Waals surface area contributed by atoms with Crippen molar-refractivity contribution in [2.45, 2.75) is 19.9 Å². The molecule has 0 aromatic heterocycles. The molecule has 0 spiro atoms. The van der Waals surface area contributed by atoms with Crippen LogP contribution in [0.3, 0.4) is 0 Å². The van der Waals surface area contributed by atoms with Crippen LogP contribution in [0, 0.1) is 5.92 Å². The number of carbonyl (C=O) groups is 2. The third-order valence-electron chi connectivity index (χ3n) is 3.28. The van der Waals surface area contributed by atoms with Gasteiger partial charge in [-0.05, 0) is 12.5 Å². The average molecular weight is 261 g/mol. The topological polar surface area (TPSA) is 46.6 Å². The molecule has 0 saturated carbocycles. The molecule has 0 aliphatic carbocycles. The van der Waals surface area contributed by atoms with Crippen LogP contribution in [0.5, 0.6) is 0 Å². The zero-order valence-corrected chi connectivity index (χ0v) is 11.2. The Balaban J connectivity index is 1.87. The summed E-state index contributed by atoms with van der Waals surface area (Å²) in [6.45, 7) is 3.97. The minimum atomic E-state index is -0.276. The van der Waals surface area contributed by atoms with Crippen LogP contribution >= 0.6 is 0 Å². The van der Waals surface area contributed by atoms with Crippen molar-refractivity contribution in [3.05, 3.63) is 35.9 Å². The van der Waals surface area contributed by atoms with Gasteiger partial charge in [-0.15, -0.1) is 0 Å². The summed E-state index contributed by atoms with van der Waals surface area (Å²) in [5, 5.41) is 0. The third-order valence-corrected chi connectivity index (χ3v) is 3.28. The molecule has 2 rings (SSSR count). The number of nitrogens with zero attached hydrogens (tertiary/aromatic N) is 1. The van der Waals surface area contributed by atoms with E-state index in [1.54, 1.807) is 6.92 Å². The fraction of sp³-hybridized carbons (Fsp3) is 0.467. The summed E-state index contributed by atoms with van der Waals surface area (Å²) in [6.07, 6.45) is 0.206.